The lowest BCUT2D eigenvalue weighted by Gasteiger charge is -2.37. The number of allylic oxidation sites excluding steroid dienone is 1. The first-order chi connectivity index (χ1) is 14.4. The largest absolute Gasteiger partial charge is 0.416 e. The van der Waals surface area contributed by atoms with Crippen molar-refractivity contribution in [3.05, 3.63) is 82.7 Å². The van der Waals surface area contributed by atoms with Crippen LogP contribution >= 0.6 is 0 Å². The molecule has 1 atom stereocenters. The van der Waals surface area contributed by atoms with E-state index >= 15 is 0 Å². The predicted molar refractivity (Wildman–Crippen MR) is 116 cm³/mol. The Morgan fingerprint density at radius 3 is 1.90 bits per heavy atom. The Morgan fingerprint density at radius 1 is 0.871 bits per heavy atom. The first-order valence-electron chi connectivity index (χ1n) is 10.2. The third-order valence-corrected chi connectivity index (χ3v) is 10.4. The van der Waals surface area contributed by atoms with Gasteiger partial charge >= 0.3 is 0 Å². The molecule has 0 N–H and O–H groups in total. The molecule has 0 aliphatic carbocycles. The van der Waals surface area contributed by atoms with Crippen molar-refractivity contribution in [2.45, 2.75) is 57.7 Å². The summed E-state index contributed by atoms with van der Waals surface area (Å²) in [6.45, 7) is 9.76. The molecular weight excluding hydrogens is 427 g/mol. The van der Waals surface area contributed by atoms with E-state index in [0.29, 0.717) is 12.8 Å². The minimum Gasteiger partial charge on any atom is -0.416 e. The van der Waals surface area contributed by atoms with Gasteiger partial charge < -0.3 is 4.43 Å². The van der Waals surface area contributed by atoms with Crippen LogP contribution in [0.3, 0.4) is 0 Å². The molecule has 0 saturated heterocycles. The first-order valence-corrected chi connectivity index (χ1v) is 13.1. The Morgan fingerprint density at radius 2 is 1.39 bits per heavy atom. The van der Waals surface area contributed by atoms with Gasteiger partial charge in [-0.15, -0.1) is 0 Å². The maximum Gasteiger partial charge on any atom is 0.200 e. The van der Waals surface area contributed by atoms with E-state index in [-0.39, 0.29) is 11.6 Å². The van der Waals surface area contributed by atoms with Gasteiger partial charge in [-0.05, 0) is 36.5 Å². The van der Waals surface area contributed by atoms with Crippen LogP contribution in [0.2, 0.25) is 18.1 Å². The fourth-order valence-electron chi connectivity index (χ4n) is 2.85. The van der Waals surface area contributed by atoms with Crippen molar-refractivity contribution in [2.75, 3.05) is 6.61 Å². The van der Waals surface area contributed by atoms with Crippen molar-refractivity contribution in [1.82, 2.24) is 0 Å². The average molecular weight is 457 g/mol. The summed E-state index contributed by atoms with van der Waals surface area (Å²) in [6.07, 6.45) is 4.42. The normalized spacial score (nSPS) is 13.7. The van der Waals surface area contributed by atoms with Gasteiger partial charge in [0.2, 0.25) is 5.82 Å². The molecule has 7 heteroatoms. The molecule has 2 aromatic rings. The molecule has 0 heterocycles. The van der Waals surface area contributed by atoms with Gasteiger partial charge in [0, 0.05) is 18.1 Å². The van der Waals surface area contributed by atoms with E-state index in [2.05, 4.69) is 0 Å². The van der Waals surface area contributed by atoms with Gasteiger partial charge in [-0.25, -0.2) is 22.0 Å². The van der Waals surface area contributed by atoms with Gasteiger partial charge in [0.1, 0.15) is 0 Å². The maximum atomic E-state index is 14.5. The van der Waals surface area contributed by atoms with Crippen LogP contribution in [0, 0.1) is 29.1 Å². The molecule has 0 unspecified atom stereocenters. The Labute approximate surface area is 182 Å². The monoisotopic (exact) mass is 456 g/mol. The van der Waals surface area contributed by atoms with Gasteiger partial charge in [-0.1, -0.05) is 63.3 Å². The summed E-state index contributed by atoms with van der Waals surface area (Å²) in [5.74, 6) is -10.8. The predicted octanol–water partition coefficient (Wildman–Crippen LogP) is 7.68. The van der Waals surface area contributed by atoms with Crippen molar-refractivity contribution in [3.8, 4) is 0 Å². The first kappa shape index (κ1) is 25.3. The highest BCUT2D eigenvalue weighted by atomic mass is 28.4. The lowest BCUT2D eigenvalue weighted by molar-refractivity contribution is 0.269. The van der Waals surface area contributed by atoms with Crippen LogP contribution in [0.5, 0.6) is 0 Å². The van der Waals surface area contributed by atoms with Crippen LogP contribution in [0.4, 0.5) is 22.0 Å². The van der Waals surface area contributed by atoms with E-state index in [1.807, 2.05) is 64.2 Å². The summed E-state index contributed by atoms with van der Waals surface area (Å²) in [7, 11) is -2.31. The van der Waals surface area contributed by atoms with Gasteiger partial charge in [0.15, 0.2) is 31.6 Å². The minimum atomic E-state index is -2.31. The van der Waals surface area contributed by atoms with E-state index < -0.39 is 48.9 Å². The van der Waals surface area contributed by atoms with Crippen LogP contribution in [0.15, 0.2) is 42.5 Å². The summed E-state index contributed by atoms with van der Waals surface area (Å²) >= 11 is 0. The van der Waals surface area contributed by atoms with E-state index in [9.17, 15) is 22.0 Å². The second-order valence-electron chi connectivity index (χ2n) is 9.11. The number of aryl methyl sites for hydroxylation is 1. The highest BCUT2D eigenvalue weighted by Gasteiger charge is 2.38. The molecule has 0 aromatic heterocycles. The number of rotatable bonds is 8. The maximum absolute atomic E-state index is 14.5. The van der Waals surface area contributed by atoms with Crippen molar-refractivity contribution in [2.24, 2.45) is 0 Å². The topological polar surface area (TPSA) is 9.23 Å². The molecule has 1 nitrogen and oxygen atoms in total. The molecule has 0 bridgehead atoms. The summed E-state index contributed by atoms with van der Waals surface area (Å²) in [5.41, 5.74) is 0.225. The Balaban J connectivity index is 2.33. The van der Waals surface area contributed by atoms with Gasteiger partial charge in [-0.3, -0.25) is 0 Å². The van der Waals surface area contributed by atoms with E-state index in [1.54, 1.807) is 6.08 Å². The van der Waals surface area contributed by atoms with Gasteiger partial charge in [-0.2, -0.15) is 0 Å². The lowest BCUT2D eigenvalue weighted by atomic mass is 9.96. The van der Waals surface area contributed by atoms with Crippen LogP contribution in [0.25, 0.3) is 0 Å². The fourth-order valence-corrected chi connectivity index (χ4v) is 3.88. The summed E-state index contributed by atoms with van der Waals surface area (Å²) in [4.78, 5) is 0. The summed E-state index contributed by atoms with van der Waals surface area (Å²) in [6, 6.07) is 9.62. The van der Waals surface area contributed by atoms with Crippen LogP contribution < -0.4 is 0 Å². The zero-order chi connectivity index (χ0) is 23.4. The van der Waals surface area contributed by atoms with Crippen molar-refractivity contribution in [1.29, 1.82) is 0 Å². The van der Waals surface area contributed by atoms with Crippen molar-refractivity contribution < 1.29 is 26.4 Å². The molecule has 0 aliphatic rings. The second-order valence-corrected chi connectivity index (χ2v) is 13.9. The Bertz CT molecular complexity index is 891. The second kappa shape index (κ2) is 10.1. The van der Waals surface area contributed by atoms with Crippen LogP contribution in [-0.4, -0.2) is 14.9 Å². The molecule has 0 radical (unpaired) electrons. The molecule has 0 amide bonds. The molecule has 0 saturated carbocycles. The lowest BCUT2D eigenvalue weighted by Crippen LogP contribution is -2.41. The van der Waals surface area contributed by atoms with Crippen LogP contribution in [0.1, 0.15) is 44.2 Å². The average Bonchev–Trinajstić information content (AvgIpc) is 2.71. The number of hydrogen-bond donors (Lipinski definition) is 0. The molecule has 2 rings (SSSR count). The molecule has 31 heavy (non-hydrogen) atoms. The molecule has 0 aliphatic heterocycles. The fraction of sp³-hybridized carbons (Fsp3) is 0.417. The Hall–Kier alpha value is -1.99. The quantitative estimate of drug-likeness (QED) is 0.130. The smallest absolute Gasteiger partial charge is 0.200 e. The standard InChI is InChI=1S/C24H29F5OSi/c1-24(2,3)31(4,5)30-15-17(14-10-9-13-16-11-7-6-8-12-16)18-19(25)21(27)23(29)22(28)20(18)26/h6-8,10-12,14,17H,9,13,15H2,1-5H3/b14-10+/t17-/m0/s1. The minimum absolute atomic E-state index is 0.170. The van der Waals surface area contributed by atoms with E-state index in [4.69, 9.17) is 4.43 Å². The van der Waals surface area contributed by atoms with Crippen LogP contribution in [-0.2, 0) is 10.8 Å². The molecular formula is C24H29F5OSi. The SMILES string of the molecule is CC(C)(C)[Si](C)(C)OC[C@H](/C=C/CCc1ccccc1)c1c(F)c(F)c(F)c(F)c1F. The highest BCUT2D eigenvalue weighted by molar-refractivity contribution is 6.74. The molecule has 0 spiro atoms. The highest BCUT2D eigenvalue weighted by Crippen LogP contribution is 2.38. The molecule has 170 valence electrons. The third kappa shape index (κ3) is 6.04. The summed E-state index contributed by atoms with van der Waals surface area (Å²) in [5, 5.41) is -0.176. The van der Waals surface area contributed by atoms with Gasteiger partial charge in [0.25, 0.3) is 0 Å². The molecule has 2 aromatic carbocycles. The van der Waals surface area contributed by atoms with Crippen molar-refractivity contribution in [3.63, 3.8) is 0 Å². The van der Waals surface area contributed by atoms with Gasteiger partial charge in [0.05, 0.1) is 0 Å². The zero-order valence-corrected chi connectivity index (χ0v) is 19.5. The van der Waals surface area contributed by atoms with E-state index in [0.717, 1.165) is 5.56 Å². The number of hydrogen-bond acceptors (Lipinski definition) is 1. The Kier molecular flexibility index (Phi) is 8.22. The third-order valence-electron chi connectivity index (χ3n) is 5.86. The molecule has 0 fully saturated rings. The van der Waals surface area contributed by atoms with Crippen molar-refractivity contribution >= 4 is 8.32 Å². The van der Waals surface area contributed by atoms with E-state index in [1.165, 1.54) is 6.08 Å². The zero-order valence-electron chi connectivity index (χ0n) is 18.5. The summed E-state index contributed by atoms with van der Waals surface area (Å²) < 4.78 is 76.2. The number of benzene rings is 2. The number of halogens is 5.